The van der Waals surface area contributed by atoms with Crippen molar-refractivity contribution < 1.29 is 0 Å². The molecule has 0 aliphatic rings. The van der Waals surface area contributed by atoms with Crippen molar-refractivity contribution in [2.24, 2.45) is 0 Å². The molecule has 7 heteroatoms. The van der Waals surface area contributed by atoms with Crippen LogP contribution in [0, 0.1) is 11.3 Å². The number of nitriles is 1. The van der Waals surface area contributed by atoms with Gasteiger partial charge in [-0.15, -0.1) is 0 Å². The molecule has 0 spiro atoms. The van der Waals surface area contributed by atoms with Gasteiger partial charge >= 0.3 is 0 Å². The van der Waals surface area contributed by atoms with Gasteiger partial charge in [0.25, 0.3) is 5.56 Å². The van der Waals surface area contributed by atoms with Crippen molar-refractivity contribution in [3.05, 3.63) is 60.9 Å². The fourth-order valence-corrected chi connectivity index (χ4v) is 1.98. The minimum absolute atomic E-state index is 0.0820. The van der Waals surface area contributed by atoms with Crippen LogP contribution in [0.4, 0.5) is 0 Å². The van der Waals surface area contributed by atoms with Crippen LogP contribution >= 0.6 is 34.8 Å². The van der Waals surface area contributed by atoms with Crippen LogP contribution in [0.25, 0.3) is 0 Å². The summed E-state index contributed by atoms with van der Waals surface area (Å²) in [5.41, 5.74) is 0.617. The molecule has 0 fully saturated rings. The Morgan fingerprint density at radius 2 is 2.00 bits per heavy atom. The first kappa shape index (κ1) is 13.9. The van der Waals surface area contributed by atoms with Crippen LogP contribution in [0.2, 0.25) is 15.1 Å². The molecule has 1 aromatic carbocycles. The van der Waals surface area contributed by atoms with Gasteiger partial charge in [0.15, 0.2) is 0 Å². The zero-order chi connectivity index (χ0) is 14.0. The summed E-state index contributed by atoms with van der Waals surface area (Å²) < 4.78 is 1.15. The molecule has 0 amide bonds. The Kier molecular flexibility index (Phi) is 4.11. The summed E-state index contributed by atoms with van der Waals surface area (Å²) in [5.74, 6) is 0. The van der Waals surface area contributed by atoms with E-state index in [1.54, 1.807) is 12.1 Å². The van der Waals surface area contributed by atoms with E-state index in [2.05, 4.69) is 5.10 Å². The largest absolute Gasteiger partial charge is 0.287 e. The summed E-state index contributed by atoms with van der Waals surface area (Å²) in [5, 5.41) is 13.0. The minimum Gasteiger partial charge on any atom is -0.266 e. The van der Waals surface area contributed by atoms with Gasteiger partial charge in [0.1, 0.15) is 5.02 Å². The van der Waals surface area contributed by atoms with Crippen LogP contribution in [0.3, 0.4) is 0 Å². The molecular weight excluding hydrogens is 309 g/mol. The second-order valence-corrected chi connectivity index (χ2v) is 4.88. The first-order valence-electron chi connectivity index (χ1n) is 5.12. The minimum atomic E-state index is -0.491. The summed E-state index contributed by atoms with van der Waals surface area (Å²) in [4.78, 5) is 11.8. The molecular formula is C12H6Cl3N3O. The molecule has 2 rings (SSSR count). The Bertz CT molecular complexity index is 734. The van der Waals surface area contributed by atoms with Gasteiger partial charge in [-0.1, -0.05) is 40.9 Å². The van der Waals surface area contributed by atoms with Crippen LogP contribution in [0.5, 0.6) is 0 Å². The van der Waals surface area contributed by atoms with Gasteiger partial charge in [-0.2, -0.15) is 10.4 Å². The predicted molar refractivity (Wildman–Crippen MR) is 73.8 cm³/mol. The van der Waals surface area contributed by atoms with Crippen molar-refractivity contribution in [2.45, 2.75) is 6.54 Å². The Morgan fingerprint density at radius 3 is 2.63 bits per heavy atom. The number of nitrogens with zero attached hydrogens (tertiary/aromatic N) is 3. The predicted octanol–water partition coefficient (Wildman–Crippen LogP) is 3.12. The fraction of sp³-hybridized carbons (Fsp3) is 0.0833. The van der Waals surface area contributed by atoms with Gasteiger partial charge in [-0.05, 0) is 17.7 Å². The Balaban J connectivity index is 2.40. The molecule has 0 bridgehead atoms. The van der Waals surface area contributed by atoms with Crippen molar-refractivity contribution in [3.63, 3.8) is 0 Å². The van der Waals surface area contributed by atoms with E-state index in [4.69, 9.17) is 40.1 Å². The molecule has 0 aliphatic heterocycles. The molecule has 0 aliphatic carbocycles. The number of halogens is 3. The number of hydrogen-bond donors (Lipinski definition) is 0. The molecule has 0 saturated heterocycles. The quantitative estimate of drug-likeness (QED) is 0.855. The van der Waals surface area contributed by atoms with Gasteiger partial charge < -0.3 is 0 Å². The second kappa shape index (κ2) is 5.62. The number of aromatic nitrogens is 2. The third-order valence-electron chi connectivity index (χ3n) is 2.44. The first-order valence-corrected chi connectivity index (χ1v) is 6.26. The standard InChI is InChI=1S/C12H6Cl3N3O/c13-9-3-7(4-16)1-2-8(9)6-18-12(19)11(15)10(14)5-17-18/h1-3,5H,6H2. The van der Waals surface area contributed by atoms with Crippen LogP contribution in [0.1, 0.15) is 11.1 Å². The molecule has 1 heterocycles. The molecule has 0 unspecified atom stereocenters. The lowest BCUT2D eigenvalue weighted by Gasteiger charge is -2.07. The van der Waals surface area contributed by atoms with E-state index < -0.39 is 5.56 Å². The molecule has 0 atom stereocenters. The topological polar surface area (TPSA) is 58.7 Å². The SMILES string of the molecule is N#Cc1ccc(Cn2ncc(Cl)c(Cl)c2=O)c(Cl)c1. The number of benzene rings is 1. The number of rotatable bonds is 2. The monoisotopic (exact) mass is 313 g/mol. The molecule has 0 N–H and O–H groups in total. The van der Waals surface area contributed by atoms with Gasteiger partial charge in [0.2, 0.25) is 0 Å². The second-order valence-electron chi connectivity index (χ2n) is 3.69. The maximum absolute atomic E-state index is 11.8. The van der Waals surface area contributed by atoms with Crippen molar-refractivity contribution in [1.82, 2.24) is 9.78 Å². The Hall–Kier alpha value is -1.54. The van der Waals surface area contributed by atoms with Gasteiger partial charge in [0, 0.05) is 5.02 Å². The highest BCUT2D eigenvalue weighted by molar-refractivity contribution is 6.41. The summed E-state index contributed by atoms with van der Waals surface area (Å²) in [6.45, 7) is 0.153. The van der Waals surface area contributed by atoms with E-state index in [1.165, 1.54) is 12.3 Å². The van der Waals surface area contributed by atoms with Crippen molar-refractivity contribution in [2.75, 3.05) is 0 Å². The van der Waals surface area contributed by atoms with Crippen LogP contribution in [-0.2, 0) is 6.54 Å². The number of hydrogen-bond acceptors (Lipinski definition) is 3. The average molecular weight is 315 g/mol. The molecule has 1 aromatic heterocycles. The van der Waals surface area contributed by atoms with E-state index >= 15 is 0 Å². The fourth-order valence-electron chi connectivity index (χ4n) is 1.46. The average Bonchev–Trinajstić information content (AvgIpc) is 2.41. The third kappa shape index (κ3) is 2.90. The maximum Gasteiger partial charge on any atom is 0.287 e. The summed E-state index contributed by atoms with van der Waals surface area (Å²) >= 11 is 17.5. The molecule has 96 valence electrons. The van der Waals surface area contributed by atoms with Crippen molar-refractivity contribution >= 4 is 34.8 Å². The van der Waals surface area contributed by atoms with Crippen molar-refractivity contribution in [1.29, 1.82) is 5.26 Å². The Labute approximate surface area is 123 Å². The smallest absolute Gasteiger partial charge is 0.266 e. The van der Waals surface area contributed by atoms with Crippen LogP contribution < -0.4 is 5.56 Å². The van der Waals surface area contributed by atoms with E-state index in [-0.39, 0.29) is 16.6 Å². The van der Waals surface area contributed by atoms with E-state index in [1.807, 2.05) is 6.07 Å². The van der Waals surface area contributed by atoms with Crippen molar-refractivity contribution in [3.8, 4) is 6.07 Å². The van der Waals surface area contributed by atoms with Crippen LogP contribution in [0.15, 0.2) is 29.2 Å². The van der Waals surface area contributed by atoms with Crippen LogP contribution in [-0.4, -0.2) is 9.78 Å². The van der Waals surface area contributed by atoms with Gasteiger partial charge in [-0.3, -0.25) is 4.79 Å². The zero-order valence-electron chi connectivity index (χ0n) is 9.40. The highest BCUT2D eigenvalue weighted by atomic mass is 35.5. The molecule has 4 nitrogen and oxygen atoms in total. The van der Waals surface area contributed by atoms with E-state index in [0.717, 1.165) is 4.68 Å². The molecule has 0 saturated carbocycles. The highest BCUT2D eigenvalue weighted by Crippen LogP contribution is 2.19. The summed E-state index contributed by atoms with van der Waals surface area (Å²) in [7, 11) is 0. The summed E-state index contributed by atoms with van der Waals surface area (Å²) in [6.07, 6.45) is 1.29. The van der Waals surface area contributed by atoms with E-state index in [9.17, 15) is 4.79 Å². The lowest BCUT2D eigenvalue weighted by atomic mass is 10.1. The summed E-state index contributed by atoms with van der Waals surface area (Å²) in [6, 6.07) is 6.79. The van der Waals surface area contributed by atoms with Gasteiger partial charge in [0.05, 0.1) is 29.4 Å². The van der Waals surface area contributed by atoms with Gasteiger partial charge in [-0.25, -0.2) is 4.68 Å². The highest BCUT2D eigenvalue weighted by Gasteiger charge is 2.09. The molecule has 2 aromatic rings. The maximum atomic E-state index is 11.8. The molecule has 19 heavy (non-hydrogen) atoms. The first-order chi connectivity index (χ1) is 9.02. The zero-order valence-corrected chi connectivity index (χ0v) is 11.7. The van der Waals surface area contributed by atoms with E-state index in [0.29, 0.717) is 16.1 Å². The normalized spacial score (nSPS) is 10.2. The third-order valence-corrected chi connectivity index (χ3v) is 3.55. The lowest BCUT2D eigenvalue weighted by Crippen LogP contribution is -2.23. The lowest BCUT2D eigenvalue weighted by molar-refractivity contribution is 0.639. The Morgan fingerprint density at radius 1 is 1.26 bits per heavy atom. The molecule has 0 radical (unpaired) electrons.